The van der Waals surface area contributed by atoms with Gasteiger partial charge in [0.2, 0.25) is 5.91 Å². The second-order valence-electron chi connectivity index (χ2n) is 5.56. The van der Waals surface area contributed by atoms with E-state index in [9.17, 15) is 4.79 Å². The van der Waals surface area contributed by atoms with Crippen molar-refractivity contribution in [3.63, 3.8) is 0 Å². The number of halogens is 1. The lowest BCUT2D eigenvalue weighted by Gasteiger charge is -2.15. The highest BCUT2D eigenvalue weighted by Crippen LogP contribution is 2.26. The van der Waals surface area contributed by atoms with E-state index < -0.39 is 0 Å². The minimum atomic E-state index is 0.0414. The van der Waals surface area contributed by atoms with E-state index in [-0.39, 0.29) is 5.91 Å². The molecular weight excluding hydrogens is 326 g/mol. The number of nitrogens with one attached hydrogen (secondary N) is 1. The van der Waals surface area contributed by atoms with Crippen LogP contribution in [0.15, 0.2) is 48.5 Å². The first-order chi connectivity index (χ1) is 11.1. The van der Waals surface area contributed by atoms with Gasteiger partial charge in [-0.1, -0.05) is 55.8 Å². The van der Waals surface area contributed by atoms with E-state index in [2.05, 4.69) is 25.2 Å². The lowest BCUT2D eigenvalue weighted by atomic mass is 9.97. The normalized spacial score (nSPS) is 12.0. The second-order valence-corrected chi connectivity index (χ2v) is 6.99. The monoisotopic (exact) mass is 347 g/mol. The Labute approximate surface area is 147 Å². The van der Waals surface area contributed by atoms with Crippen molar-refractivity contribution >= 4 is 35.0 Å². The fourth-order valence-electron chi connectivity index (χ4n) is 2.29. The molecule has 0 unspecified atom stereocenters. The van der Waals surface area contributed by atoms with E-state index in [4.69, 9.17) is 11.6 Å². The molecule has 0 saturated heterocycles. The maximum absolute atomic E-state index is 12.2. The van der Waals surface area contributed by atoms with Gasteiger partial charge in [0.1, 0.15) is 0 Å². The number of hydrogen-bond donors (Lipinski definition) is 1. The van der Waals surface area contributed by atoms with Crippen molar-refractivity contribution in [2.45, 2.75) is 31.9 Å². The number of para-hydroxylation sites is 1. The third kappa shape index (κ3) is 5.60. The fourth-order valence-corrected chi connectivity index (χ4v) is 3.20. The van der Waals surface area contributed by atoms with E-state index in [1.54, 1.807) is 11.8 Å². The van der Waals surface area contributed by atoms with Gasteiger partial charge < -0.3 is 5.32 Å². The van der Waals surface area contributed by atoms with Gasteiger partial charge in [-0.15, -0.1) is 11.8 Å². The van der Waals surface area contributed by atoms with E-state index in [0.29, 0.717) is 11.7 Å². The van der Waals surface area contributed by atoms with Crippen molar-refractivity contribution in [2.24, 2.45) is 0 Å². The third-order valence-electron chi connectivity index (χ3n) is 3.79. The maximum Gasteiger partial charge on any atom is 0.234 e. The average Bonchev–Trinajstić information content (AvgIpc) is 2.56. The Kier molecular flexibility index (Phi) is 7.00. The van der Waals surface area contributed by atoms with Crippen LogP contribution in [0.5, 0.6) is 0 Å². The van der Waals surface area contributed by atoms with Crippen molar-refractivity contribution in [3.8, 4) is 0 Å². The largest absolute Gasteiger partial charge is 0.325 e. The Balaban J connectivity index is 1.86. The first kappa shape index (κ1) is 17.9. The summed E-state index contributed by atoms with van der Waals surface area (Å²) in [6, 6.07) is 15.8. The van der Waals surface area contributed by atoms with Gasteiger partial charge in [-0.3, -0.25) is 4.79 Å². The molecule has 0 aliphatic heterocycles. The van der Waals surface area contributed by atoms with Gasteiger partial charge in [-0.2, -0.15) is 0 Å². The first-order valence-electron chi connectivity index (χ1n) is 7.81. The number of carbonyl (C=O) groups excluding carboxylic acids is 1. The summed E-state index contributed by atoms with van der Waals surface area (Å²) in [5, 5.41) is 3.77. The summed E-state index contributed by atoms with van der Waals surface area (Å²) in [5.74, 6) is 1.72. The predicted octanol–water partition coefficient (Wildman–Crippen LogP) is 5.73. The van der Waals surface area contributed by atoms with E-state index in [1.165, 1.54) is 11.1 Å². The number of amides is 1. The molecule has 4 heteroatoms. The zero-order chi connectivity index (χ0) is 16.7. The first-order valence-corrected chi connectivity index (χ1v) is 9.34. The number of carbonyl (C=O) groups is 1. The molecule has 0 aromatic heterocycles. The molecule has 0 spiro atoms. The number of thioether (sulfide) groups is 1. The van der Waals surface area contributed by atoms with Gasteiger partial charge in [-0.25, -0.2) is 0 Å². The van der Waals surface area contributed by atoms with E-state index in [0.717, 1.165) is 22.9 Å². The van der Waals surface area contributed by atoms with Crippen LogP contribution in [0, 0.1) is 0 Å². The summed E-state index contributed by atoms with van der Waals surface area (Å²) < 4.78 is 0. The van der Waals surface area contributed by atoms with Crippen LogP contribution in [-0.4, -0.2) is 11.7 Å². The molecule has 23 heavy (non-hydrogen) atoms. The molecule has 2 nitrogen and oxygen atoms in total. The summed E-state index contributed by atoms with van der Waals surface area (Å²) in [6.07, 6.45) is 1.05. The molecule has 0 bridgehead atoms. The molecule has 1 amide bonds. The second kappa shape index (κ2) is 8.99. The van der Waals surface area contributed by atoms with Gasteiger partial charge in [0.25, 0.3) is 0 Å². The molecule has 0 aliphatic carbocycles. The number of rotatable bonds is 7. The summed E-state index contributed by atoms with van der Waals surface area (Å²) in [6.45, 7) is 4.34. The molecule has 0 saturated carbocycles. The topological polar surface area (TPSA) is 29.1 Å². The Morgan fingerprint density at radius 3 is 2.57 bits per heavy atom. The van der Waals surface area contributed by atoms with Gasteiger partial charge >= 0.3 is 0 Å². The smallest absolute Gasteiger partial charge is 0.234 e. The molecule has 0 radical (unpaired) electrons. The number of anilines is 1. The summed E-state index contributed by atoms with van der Waals surface area (Å²) in [7, 11) is 0. The molecule has 2 rings (SSSR count). The lowest BCUT2D eigenvalue weighted by molar-refractivity contribution is -0.113. The Hall–Kier alpha value is -1.45. The van der Waals surface area contributed by atoms with Crippen molar-refractivity contribution < 1.29 is 4.79 Å². The highest BCUT2D eigenvalue weighted by atomic mass is 35.5. The highest BCUT2D eigenvalue weighted by Gasteiger charge is 2.11. The Bertz CT molecular complexity index is 642. The molecular formula is C19H22ClNOS. The van der Waals surface area contributed by atoms with Crippen LogP contribution in [-0.2, 0) is 10.5 Å². The number of benzene rings is 2. The third-order valence-corrected chi connectivity index (χ3v) is 5.05. The molecule has 1 atom stereocenters. The van der Waals surface area contributed by atoms with Crippen molar-refractivity contribution in [1.29, 1.82) is 0 Å². The zero-order valence-corrected chi connectivity index (χ0v) is 15.1. The summed E-state index contributed by atoms with van der Waals surface area (Å²) in [4.78, 5) is 12.2. The maximum atomic E-state index is 12.2. The van der Waals surface area contributed by atoms with Crippen LogP contribution in [0.4, 0.5) is 5.69 Å². The molecule has 122 valence electrons. The fraction of sp³-hybridized carbons (Fsp3) is 0.316. The summed E-state index contributed by atoms with van der Waals surface area (Å²) in [5.41, 5.74) is 3.30. The zero-order valence-electron chi connectivity index (χ0n) is 13.5. The molecule has 0 aliphatic rings. The minimum Gasteiger partial charge on any atom is -0.325 e. The SMILES string of the molecule is CC[C@@H](C)c1ccccc1NC(=O)CSCc1ccc(Cl)cc1. The van der Waals surface area contributed by atoms with Crippen LogP contribution in [0.3, 0.4) is 0 Å². The standard InChI is InChI=1S/C19H22ClNOS/c1-3-14(2)17-6-4-5-7-18(17)21-19(22)13-23-12-15-8-10-16(20)11-9-15/h4-11,14H,3,12-13H2,1-2H3,(H,21,22)/t14-/m1/s1. The van der Waals surface area contributed by atoms with Crippen molar-refractivity contribution in [3.05, 3.63) is 64.7 Å². The van der Waals surface area contributed by atoms with Gasteiger partial charge in [0.05, 0.1) is 5.75 Å². The number of hydrogen-bond acceptors (Lipinski definition) is 2. The van der Waals surface area contributed by atoms with Gasteiger partial charge in [0.15, 0.2) is 0 Å². The average molecular weight is 348 g/mol. The molecule has 2 aromatic rings. The van der Waals surface area contributed by atoms with Crippen LogP contribution in [0.25, 0.3) is 0 Å². The highest BCUT2D eigenvalue weighted by molar-refractivity contribution is 7.99. The van der Waals surface area contributed by atoms with Crippen LogP contribution in [0.1, 0.15) is 37.3 Å². The molecule has 1 N–H and O–H groups in total. The minimum absolute atomic E-state index is 0.0414. The van der Waals surface area contributed by atoms with Crippen LogP contribution >= 0.6 is 23.4 Å². The molecule has 2 aromatic carbocycles. The lowest BCUT2D eigenvalue weighted by Crippen LogP contribution is -2.16. The quantitative estimate of drug-likeness (QED) is 0.693. The van der Waals surface area contributed by atoms with Gasteiger partial charge in [-0.05, 0) is 41.7 Å². The Morgan fingerprint density at radius 1 is 1.17 bits per heavy atom. The van der Waals surface area contributed by atoms with Crippen LogP contribution in [0.2, 0.25) is 5.02 Å². The van der Waals surface area contributed by atoms with Crippen molar-refractivity contribution in [2.75, 3.05) is 11.1 Å². The summed E-state index contributed by atoms with van der Waals surface area (Å²) >= 11 is 7.47. The van der Waals surface area contributed by atoms with Gasteiger partial charge in [0, 0.05) is 16.5 Å². The molecule has 0 fully saturated rings. The predicted molar refractivity (Wildman–Crippen MR) is 101 cm³/mol. The molecule has 0 heterocycles. The van der Waals surface area contributed by atoms with Crippen molar-refractivity contribution in [1.82, 2.24) is 0 Å². The van der Waals surface area contributed by atoms with Crippen LogP contribution < -0.4 is 5.32 Å². The Morgan fingerprint density at radius 2 is 1.87 bits per heavy atom. The van der Waals surface area contributed by atoms with E-state index >= 15 is 0 Å². The van der Waals surface area contributed by atoms with E-state index in [1.807, 2.05) is 42.5 Å².